The van der Waals surface area contributed by atoms with Crippen molar-refractivity contribution in [1.82, 2.24) is 40.2 Å². The lowest BCUT2D eigenvalue weighted by atomic mass is 9.84. The summed E-state index contributed by atoms with van der Waals surface area (Å²) in [6.45, 7) is 10.1. The first-order chi connectivity index (χ1) is 24.1. The lowest BCUT2D eigenvalue weighted by Gasteiger charge is -2.46. The van der Waals surface area contributed by atoms with Crippen LogP contribution in [0.4, 0.5) is 11.6 Å². The SMILES string of the molecule is CCNC(=O)Cn1nc(-c2ccc(N3CCCOC3)nc2)cc(CCNC(=O)Cn2nc(-c3ccc(N4CC(C)(C)C4)nc3)ccc2=O)c1=O. The molecule has 0 aromatic carbocycles. The van der Waals surface area contributed by atoms with Crippen molar-refractivity contribution in [2.24, 2.45) is 5.41 Å². The number of carbonyl (C=O) groups is 2. The number of hydrogen-bond acceptors (Lipinski definition) is 11. The maximum atomic E-state index is 13.4. The number of anilines is 2. The number of aromatic nitrogens is 6. The van der Waals surface area contributed by atoms with Gasteiger partial charge in [-0.15, -0.1) is 0 Å². The average Bonchev–Trinajstić information content (AvgIpc) is 3.10. The maximum Gasteiger partial charge on any atom is 0.270 e. The smallest absolute Gasteiger partial charge is 0.270 e. The minimum atomic E-state index is -0.441. The summed E-state index contributed by atoms with van der Waals surface area (Å²) < 4.78 is 7.77. The van der Waals surface area contributed by atoms with Crippen LogP contribution in [-0.2, 0) is 33.8 Å². The standard InChI is InChI=1S/C35H42N10O5/c1-4-36-31(46)20-45-34(49)24(16-28(41-45)26-7-9-29(38-18-26)42-14-5-15-50-23-42)12-13-37-32(47)19-44-33(48)11-8-27(40-44)25-6-10-30(39-17-25)43-21-35(2,3)22-43/h6-11,16-18H,4-5,12-15,19-23H2,1-3H3,(H,36,46)(H,37,47). The second-order valence-corrected chi connectivity index (χ2v) is 13.3. The van der Waals surface area contributed by atoms with Gasteiger partial charge < -0.3 is 25.2 Å². The number of nitrogens with zero attached hydrogens (tertiary/aromatic N) is 8. The van der Waals surface area contributed by atoms with Gasteiger partial charge in [-0.3, -0.25) is 19.2 Å². The highest BCUT2D eigenvalue weighted by molar-refractivity contribution is 5.76. The molecule has 0 atom stereocenters. The lowest BCUT2D eigenvalue weighted by Crippen LogP contribution is -2.53. The second kappa shape index (κ2) is 15.0. The van der Waals surface area contributed by atoms with E-state index in [0.29, 0.717) is 35.8 Å². The van der Waals surface area contributed by atoms with E-state index in [0.717, 1.165) is 59.2 Å². The number of ether oxygens (including phenoxy) is 1. The molecule has 6 heterocycles. The number of pyridine rings is 2. The minimum absolute atomic E-state index is 0.109. The summed E-state index contributed by atoms with van der Waals surface area (Å²) in [6.07, 6.45) is 4.47. The van der Waals surface area contributed by atoms with Gasteiger partial charge in [0.05, 0.1) is 18.0 Å². The first kappa shape index (κ1) is 34.4. The van der Waals surface area contributed by atoms with E-state index in [1.807, 2.05) is 29.2 Å². The van der Waals surface area contributed by atoms with Crippen LogP contribution in [0.2, 0.25) is 0 Å². The molecule has 6 rings (SSSR count). The summed E-state index contributed by atoms with van der Waals surface area (Å²) in [5.74, 6) is 0.872. The van der Waals surface area contributed by atoms with Crippen LogP contribution in [0.25, 0.3) is 22.5 Å². The summed E-state index contributed by atoms with van der Waals surface area (Å²) in [5, 5.41) is 14.3. The Hall–Kier alpha value is -5.44. The Morgan fingerprint density at radius 2 is 1.50 bits per heavy atom. The molecule has 262 valence electrons. The average molecular weight is 683 g/mol. The molecule has 2 saturated heterocycles. The summed E-state index contributed by atoms with van der Waals surface area (Å²) >= 11 is 0. The van der Waals surface area contributed by atoms with Crippen molar-refractivity contribution < 1.29 is 14.3 Å². The summed E-state index contributed by atoms with van der Waals surface area (Å²) in [5.41, 5.74) is 2.16. The zero-order valence-electron chi connectivity index (χ0n) is 28.6. The van der Waals surface area contributed by atoms with E-state index in [-0.39, 0.29) is 37.4 Å². The fourth-order valence-corrected chi connectivity index (χ4v) is 6.03. The molecule has 0 spiro atoms. The number of rotatable bonds is 12. The highest BCUT2D eigenvalue weighted by atomic mass is 16.5. The first-order valence-electron chi connectivity index (χ1n) is 16.8. The molecule has 15 heteroatoms. The van der Waals surface area contributed by atoms with Gasteiger partial charge in [0, 0.05) is 67.9 Å². The highest BCUT2D eigenvalue weighted by Crippen LogP contribution is 2.32. The van der Waals surface area contributed by atoms with Crippen LogP contribution in [-0.4, -0.2) is 87.4 Å². The van der Waals surface area contributed by atoms with E-state index >= 15 is 0 Å². The number of likely N-dealkylation sites (N-methyl/N-ethyl adjacent to an activating group) is 1. The van der Waals surface area contributed by atoms with Gasteiger partial charge in [0.2, 0.25) is 11.8 Å². The fourth-order valence-electron chi connectivity index (χ4n) is 6.03. The Labute approximate surface area is 289 Å². The number of nitrogens with one attached hydrogen (secondary N) is 2. The van der Waals surface area contributed by atoms with Gasteiger partial charge in [-0.1, -0.05) is 13.8 Å². The van der Waals surface area contributed by atoms with E-state index in [2.05, 4.69) is 49.5 Å². The van der Waals surface area contributed by atoms with E-state index < -0.39 is 17.0 Å². The van der Waals surface area contributed by atoms with Crippen molar-refractivity contribution in [2.75, 3.05) is 55.9 Å². The van der Waals surface area contributed by atoms with Crippen LogP contribution < -0.4 is 31.6 Å². The quantitative estimate of drug-likeness (QED) is 0.222. The molecule has 0 aliphatic carbocycles. The van der Waals surface area contributed by atoms with Gasteiger partial charge in [0.1, 0.15) is 31.5 Å². The Balaban J connectivity index is 1.12. The van der Waals surface area contributed by atoms with Gasteiger partial charge in [0.25, 0.3) is 11.1 Å². The normalized spacial score (nSPS) is 15.3. The van der Waals surface area contributed by atoms with Crippen LogP contribution in [0.3, 0.4) is 0 Å². The Kier molecular flexibility index (Phi) is 10.3. The molecule has 15 nitrogen and oxygen atoms in total. The van der Waals surface area contributed by atoms with Gasteiger partial charge in [-0.2, -0.15) is 10.2 Å². The van der Waals surface area contributed by atoms with Gasteiger partial charge >= 0.3 is 0 Å². The van der Waals surface area contributed by atoms with Crippen molar-refractivity contribution in [3.63, 3.8) is 0 Å². The molecular weight excluding hydrogens is 640 g/mol. The molecule has 4 aromatic rings. The van der Waals surface area contributed by atoms with Crippen molar-refractivity contribution in [1.29, 1.82) is 0 Å². The molecule has 2 fully saturated rings. The third-order valence-electron chi connectivity index (χ3n) is 8.53. The summed E-state index contributed by atoms with van der Waals surface area (Å²) in [4.78, 5) is 64.7. The maximum absolute atomic E-state index is 13.4. The van der Waals surface area contributed by atoms with Crippen molar-refractivity contribution >= 4 is 23.5 Å². The Bertz CT molecular complexity index is 1940. The van der Waals surface area contributed by atoms with Crippen molar-refractivity contribution in [3.05, 3.63) is 81.1 Å². The Morgan fingerprint density at radius 3 is 2.14 bits per heavy atom. The molecule has 50 heavy (non-hydrogen) atoms. The van der Waals surface area contributed by atoms with Crippen molar-refractivity contribution in [2.45, 2.75) is 46.7 Å². The van der Waals surface area contributed by atoms with E-state index in [4.69, 9.17) is 4.74 Å². The summed E-state index contributed by atoms with van der Waals surface area (Å²) in [7, 11) is 0. The minimum Gasteiger partial charge on any atom is -0.361 e. The third kappa shape index (κ3) is 8.22. The van der Waals surface area contributed by atoms with Gasteiger partial charge in [0.15, 0.2) is 0 Å². The predicted octanol–water partition coefficient (Wildman–Crippen LogP) is 1.45. The lowest BCUT2D eigenvalue weighted by molar-refractivity contribution is -0.122. The molecule has 2 N–H and O–H groups in total. The highest BCUT2D eigenvalue weighted by Gasteiger charge is 2.34. The van der Waals surface area contributed by atoms with Crippen molar-refractivity contribution in [3.8, 4) is 22.5 Å². The zero-order valence-corrected chi connectivity index (χ0v) is 28.6. The molecule has 2 amide bonds. The van der Waals surface area contributed by atoms with Crippen LogP contribution in [0.1, 0.15) is 32.8 Å². The van der Waals surface area contributed by atoms with Crippen LogP contribution in [0, 0.1) is 5.41 Å². The molecule has 0 bridgehead atoms. The van der Waals surface area contributed by atoms with E-state index in [1.54, 1.807) is 31.5 Å². The van der Waals surface area contributed by atoms with E-state index in [1.165, 1.54) is 6.07 Å². The fraction of sp³-hybridized carbons (Fsp3) is 0.429. The number of hydrogen-bond donors (Lipinski definition) is 2. The van der Waals surface area contributed by atoms with E-state index in [9.17, 15) is 19.2 Å². The largest absolute Gasteiger partial charge is 0.361 e. The van der Waals surface area contributed by atoms with Gasteiger partial charge in [-0.05, 0) is 61.6 Å². The first-order valence-corrected chi connectivity index (χ1v) is 16.8. The zero-order chi connectivity index (χ0) is 35.3. The number of amides is 2. The third-order valence-corrected chi connectivity index (χ3v) is 8.53. The molecule has 0 radical (unpaired) electrons. The van der Waals surface area contributed by atoms with Crippen LogP contribution in [0.15, 0.2) is 64.4 Å². The molecule has 2 aliphatic rings. The van der Waals surface area contributed by atoms with Gasteiger partial charge in [-0.25, -0.2) is 19.3 Å². The molecule has 2 aliphatic heterocycles. The van der Waals surface area contributed by atoms with Crippen LogP contribution in [0.5, 0.6) is 0 Å². The number of carbonyl (C=O) groups excluding carboxylic acids is 2. The topological polar surface area (TPSA) is 169 Å². The van der Waals surface area contributed by atoms with Crippen LogP contribution >= 0.6 is 0 Å². The monoisotopic (exact) mass is 682 g/mol. The second-order valence-electron chi connectivity index (χ2n) is 13.3. The summed E-state index contributed by atoms with van der Waals surface area (Å²) in [6, 6.07) is 12.2. The Morgan fingerprint density at radius 1 is 0.840 bits per heavy atom. The molecule has 4 aromatic heterocycles. The predicted molar refractivity (Wildman–Crippen MR) is 188 cm³/mol. The molecular formula is C35H42N10O5. The molecule has 0 saturated carbocycles. The molecule has 0 unspecified atom stereocenters.